The maximum absolute atomic E-state index is 6.12. The zero-order chi connectivity index (χ0) is 13.3. The summed E-state index contributed by atoms with van der Waals surface area (Å²) in [5.74, 6) is 0. The lowest BCUT2D eigenvalue weighted by atomic mass is 10.0. The van der Waals surface area contributed by atoms with Crippen molar-refractivity contribution in [1.82, 2.24) is 0 Å². The summed E-state index contributed by atoms with van der Waals surface area (Å²) >= 11 is 0. The van der Waals surface area contributed by atoms with Gasteiger partial charge in [0.1, 0.15) is 0 Å². The number of rotatable bonds is 9. The number of nitrogens with two attached hydrogens (primary N) is 1. The molecular weight excluding hydrogens is 234 g/mol. The van der Waals surface area contributed by atoms with Crippen LogP contribution in [0.25, 0.3) is 0 Å². The Kier molecular flexibility index (Phi) is 8.72. The molecule has 102 valence electrons. The zero-order valence-corrected chi connectivity index (χ0v) is 12.8. The van der Waals surface area contributed by atoms with Crippen LogP contribution in [-0.2, 0) is 13.3 Å². The van der Waals surface area contributed by atoms with E-state index in [1.165, 1.54) is 5.57 Å². The van der Waals surface area contributed by atoms with E-state index >= 15 is 0 Å². The number of allylic oxidation sites excluding steroid dienone is 1. The van der Waals surface area contributed by atoms with Crippen LogP contribution >= 0.6 is 0 Å². The molecule has 0 bridgehead atoms. The van der Waals surface area contributed by atoms with Gasteiger partial charge in [-0.15, -0.1) is 0 Å². The molecular formula is C12H27NO3Si. The Hall–Kier alpha value is -0.203. The molecule has 1 unspecified atom stereocenters. The molecule has 0 heterocycles. The molecule has 0 fully saturated rings. The van der Waals surface area contributed by atoms with Gasteiger partial charge in [0.15, 0.2) is 0 Å². The highest BCUT2D eigenvalue weighted by Gasteiger charge is 2.36. The van der Waals surface area contributed by atoms with Gasteiger partial charge in [-0.3, -0.25) is 0 Å². The fourth-order valence-electron chi connectivity index (χ4n) is 1.96. The van der Waals surface area contributed by atoms with Crippen LogP contribution in [-0.4, -0.2) is 36.2 Å². The minimum absolute atomic E-state index is 0.141. The van der Waals surface area contributed by atoms with Crippen molar-refractivity contribution >= 4 is 8.80 Å². The Morgan fingerprint density at radius 2 is 1.76 bits per heavy atom. The predicted octanol–water partition coefficient (Wildman–Crippen LogP) is 2.33. The molecule has 0 aromatic heterocycles. The third kappa shape index (κ3) is 5.31. The SMILES string of the molecule is CC=C(CC)C(N)CCC[Si](OC)(OC)OC. The Bertz CT molecular complexity index is 222. The fraction of sp³-hybridized carbons (Fsp3) is 0.833. The zero-order valence-electron chi connectivity index (χ0n) is 11.8. The Morgan fingerprint density at radius 3 is 2.12 bits per heavy atom. The molecule has 0 aromatic carbocycles. The summed E-state index contributed by atoms with van der Waals surface area (Å²) in [6.07, 6.45) is 5.02. The quantitative estimate of drug-likeness (QED) is 0.511. The van der Waals surface area contributed by atoms with Gasteiger partial charge in [-0.05, 0) is 26.2 Å². The standard InChI is InChI=1S/C12H27NO3Si/c1-6-11(7-2)12(13)9-8-10-17(14-3,15-4)16-5/h6,12H,7-10,13H2,1-5H3. The smallest absolute Gasteiger partial charge is 0.377 e. The van der Waals surface area contributed by atoms with E-state index in [9.17, 15) is 0 Å². The number of hydrogen-bond acceptors (Lipinski definition) is 4. The van der Waals surface area contributed by atoms with E-state index in [1.54, 1.807) is 21.3 Å². The molecule has 0 saturated carbocycles. The minimum Gasteiger partial charge on any atom is -0.377 e. The first-order valence-electron chi connectivity index (χ1n) is 6.15. The average molecular weight is 261 g/mol. The van der Waals surface area contributed by atoms with Gasteiger partial charge in [-0.2, -0.15) is 0 Å². The Labute approximate surface area is 106 Å². The van der Waals surface area contributed by atoms with E-state index in [1.807, 2.05) is 6.92 Å². The Balaban J connectivity index is 4.13. The third-order valence-corrected chi connectivity index (χ3v) is 6.02. The first kappa shape index (κ1) is 16.8. The molecule has 0 aliphatic carbocycles. The van der Waals surface area contributed by atoms with Crippen molar-refractivity contribution in [2.75, 3.05) is 21.3 Å². The molecule has 0 spiro atoms. The second-order valence-corrected chi connectivity index (χ2v) is 7.10. The summed E-state index contributed by atoms with van der Waals surface area (Å²) in [6, 6.07) is 0.951. The van der Waals surface area contributed by atoms with Crippen LogP contribution in [0.5, 0.6) is 0 Å². The highest BCUT2D eigenvalue weighted by Crippen LogP contribution is 2.19. The normalized spacial score (nSPS) is 15.1. The van der Waals surface area contributed by atoms with Gasteiger partial charge in [0.2, 0.25) is 0 Å². The van der Waals surface area contributed by atoms with Crippen molar-refractivity contribution in [2.24, 2.45) is 5.73 Å². The molecule has 1 atom stereocenters. The molecule has 0 aliphatic rings. The van der Waals surface area contributed by atoms with Crippen molar-refractivity contribution in [3.63, 3.8) is 0 Å². The summed E-state index contributed by atoms with van der Waals surface area (Å²) in [5, 5.41) is 0. The molecule has 5 heteroatoms. The molecule has 0 aromatic rings. The second-order valence-electron chi connectivity index (χ2n) is 4.01. The van der Waals surface area contributed by atoms with Crippen molar-refractivity contribution in [2.45, 2.75) is 45.2 Å². The molecule has 0 aliphatic heterocycles. The topological polar surface area (TPSA) is 53.7 Å². The lowest BCUT2D eigenvalue weighted by molar-refractivity contribution is 0.122. The highest BCUT2D eigenvalue weighted by atomic mass is 28.4. The fourth-order valence-corrected chi connectivity index (χ4v) is 3.71. The predicted molar refractivity (Wildman–Crippen MR) is 72.8 cm³/mol. The largest absolute Gasteiger partial charge is 0.500 e. The molecule has 17 heavy (non-hydrogen) atoms. The molecule has 2 N–H and O–H groups in total. The highest BCUT2D eigenvalue weighted by molar-refractivity contribution is 6.60. The monoisotopic (exact) mass is 261 g/mol. The first-order valence-corrected chi connectivity index (χ1v) is 8.08. The van der Waals surface area contributed by atoms with Crippen LogP contribution in [0.1, 0.15) is 33.1 Å². The van der Waals surface area contributed by atoms with E-state index < -0.39 is 8.80 Å². The summed E-state index contributed by atoms with van der Waals surface area (Å²) in [5.41, 5.74) is 7.43. The molecule has 0 saturated heterocycles. The van der Waals surface area contributed by atoms with Crippen molar-refractivity contribution in [3.8, 4) is 0 Å². The average Bonchev–Trinajstić information content (AvgIpc) is 2.37. The van der Waals surface area contributed by atoms with E-state index in [2.05, 4.69) is 13.0 Å². The van der Waals surface area contributed by atoms with Gasteiger partial charge in [0.05, 0.1) is 0 Å². The molecule has 0 rings (SSSR count). The lowest BCUT2D eigenvalue weighted by Gasteiger charge is -2.25. The lowest BCUT2D eigenvalue weighted by Crippen LogP contribution is -2.42. The van der Waals surface area contributed by atoms with Gasteiger partial charge < -0.3 is 19.0 Å². The van der Waals surface area contributed by atoms with Gasteiger partial charge in [-0.25, -0.2) is 0 Å². The van der Waals surface area contributed by atoms with Crippen LogP contribution in [0.3, 0.4) is 0 Å². The van der Waals surface area contributed by atoms with Gasteiger partial charge in [-0.1, -0.05) is 18.6 Å². The van der Waals surface area contributed by atoms with E-state index in [-0.39, 0.29) is 6.04 Å². The van der Waals surface area contributed by atoms with Crippen LogP contribution in [0.2, 0.25) is 6.04 Å². The van der Waals surface area contributed by atoms with E-state index in [4.69, 9.17) is 19.0 Å². The first-order chi connectivity index (χ1) is 8.09. The number of hydrogen-bond donors (Lipinski definition) is 1. The molecule has 0 amide bonds. The second kappa shape index (κ2) is 8.83. The maximum atomic E-state index is 6.12. The van der Waals surface area contributed by atoms with Gasteiger partial charge in [0, 0.05) is 33.4 Å². The maximum Gasteiger partial charge on any atom is 0.500 e. The van der Waals surface area contributed by atoms with E-state index in [0.29, 0.717) is 0 Å². The summed E-state index contributed by atoms with van der Waals surface area (Å²) in [4.78, 5) is 0. The van der Waals surface area contributed by atoms with Crippen LogP contribution in [0, 0.1) is 0 Å². The van der Waals surface area contributed by atoms with Crippen molar-refractivity contribution < 1.29 is 13.3 Å². The summed E-state index contributed by atoms with van der Waals surface area (Å²) in [7, 11) is 2.51. The van der Waals surface area contributed by atoms with Crippen LogP contribution < -0.4 is 5.73 Å². The van der Waals surface area contributed by atoms with Crippen LogP contribution in [0.4, 0.5) is 0 Å². The summed E-state index contributed by atoms with van der Waals surface area (Å²) < 4.78 is 16.1. The minimum atomic E-state index is -2.41. The third-order valence-electron chi connectivity index (χ3n) is 3.19. The molecule has 4 nitrogen and oxygen atoms in total. The summed E-state index contributed by atoms with van der Waals surface area (Å²) in [6.45, 7) is 4.17. The van der Waals surface area contributed by atoms with Crippen LogP contribution in [0.15, 0.2) is 11.6 Å². The molecule has 0 radical (unpaired) electrons. The Morgan fingerprint density at radius 1 is 1.24 bits per heavy atom. The van der Waals surface area contributed by atoms with E-state index in [0.717, 1.165) is 25.3 Å². The van der Waals surface area contributed by atoms with Crippen molar-refractivity contribution in [3.05, 3.63) is 11.6 Å². The van der Waals surface area contributed by atoms with Gasteiger partial charge in [0.25, 0.3) is 0 Å². The van der Waals surface area contributed by atoms with Gasteiger partial charge >= 0.3 is 8.80 Å². The van der Waals surface area contributed by atoms with Crippen molar-refractivity contribution in [1.29, 1.82) is 0 Å².